The van der Waals surface area contributed by atoms with Crippen molar-refractivity contribution in [3.63, 3.8) is 0 Å². The van der Waals surface area contributed by atoms with Crippen molar-refractivity contribution in [1.29, 1.82) is 0 Å². The van der Waals surface area contributed by atoms with Crippen LogP contribution in [0.25, 0.3) is 0 Å². The van der Waals surface area contributed by atoms with Gasteiger partial charge >= 0.3 is 24.5 Å². The largest absolute Gasteiger partial charge is 0.573 e. The van der Waals surface area contributed by atoms with Gasteiger partial charge in [-0.2, -0.15) is 15.0 Å². The van der Waals surface area contributed by atoms with E-state index in [9.17, 15) is 27.6 Å². The molecule has 0 N–H and O–H groups in total. The van der Waals surface area contributed by atoms with E-state index in [1.807, 2.05) is 0 Å². The second kappa shape index (κ2) is 10.9. The number of carbonyl (C=O) groups is 3. The Morgan fingerprint density at radius 3 is 2.46 bits per heavy atom. The Balaban J connectivity index is 1.70. The first-order chi connectivity index (χ1) is 18.4. The summed E-state index contributed by atoms with van der Waals surface area (Å²) in [5, 5.41) is 5.39. The number of benzene rings is 2. The van der Waals surface area contributed by atoms with E-state index in [-0.39, 0.29) is 17.8 Å². The van der Waals surface area contributed by atoms with E-state index in [1.54, 1.807) is 12.1 Å². The van der Waals surface area contributed by atoms with Crippen LogP contribution >= 0.6 is 23.2 Å². The number of amides is 3. The number of fused-ring (bicyclic) bond motifs is 3. The third kappa shape index (κ3) is 5.73. The summed E-state index contributed by atoms with van der Waals surface area (Å²) in [6.07, 6.45) is -6.18. The summed E-state index contributed by atoms with van der Waals surface area (Å²) >= 11 is 11.9. The summed E-state index contributed by atoms with van der Waals surface area (Å²) in [4.78, 5) is 39.6. The molecule has 39 heavy (non-hydrogen) atoms. The van der Waals surface area contributed by atoms with Crippen molar-refractivity contribution in [3.05, 3.63) is 58.6 Å². The Morgan fingerprint density at radius 2 is 1.85 bits per heavy atom. The van der Waals surface area contributed by atoms with Crippen LogP contribution in [0.4, 0.5) is 28.4 Å². The van der Waals surface area contributed by atoms with Crippen LogP contribution in [0.15, 0.2) is 47.6 Å². The highest BCUT2D eigenvalue weighted by molar-refractivity contribution is 6.31. The van der Waals surface area contributed by atoms with Gasteiger partial charge in [-0.3, -0.25) is 0 Å². The topological polar surface area (TPSA) is 116 Å². The third-order valence-electron chi connectivity index (χ3n) is 5.61. The standard InChI is InChI=1S/C23H18Cl2F3N3O8/c1-35-19(25)38-18(32)22-10-12-9-13(24)3-8-16(12)17(22)29-30(11-37-22)20(33)31(21(34)36-2)14-4-6-15(7-5-14)39-23(26,27)28/h3-9,19H,10-11H2,1-2H3. The van der Waals surface area contributed by atoms with Crippen molar-refractivity contribution < 1.29 is 51.2 Å². The zero-order valence-electron chi connectivity index (χ0n) is 20.0. The fraction of sp³-hybridized carbons (Fsp3) is 0.304. The van der Waals surface area contributed by atoms with E-state index in [4.69, 9.17) is 37.4 Å². The zero-order chi connectivity index (χ0) is 28.5. The van der Waals surface area contributed by atoms with E-state index < -0.39 is 48.3 Å². The zero-order valence-corrected chi connectivity index (χ0v) is 21.5. The lowest BCUT2D eigenvalue weighted by atomic mass is 9.97. The van der Waals surface area contributed by atoms with Crippen LogP contribution in [0, 0.1) is 0 Å². The van der Waals surface area contributed by atoms with Crippen molar-refractivity contribution in [1.82, 2.24) is 5.01 Å². The van der Waals surface area contributed by atoms with Crippen LogP contribution in [0.2, 0.25) is 5.02 Å². The molecule has 3 amide bonds. The molecule has 0 radical (unpaired) electrons. The molecule has 2 atom stereocenters. The molecule has 2 unspecified atom stereocenters. The van der Waals surface area contributed by atoms with Crippen molar-refractivity contribution >= 4 is 52.7 Å². The van der Waals surface area contributed by atoms with Gasteiger partial charge in [-0.1, -0.05) is 17.7 Å². The van der Waals surface area contributed by atoms with E-state index in [1.165, 1.54) is 13.2 Å². The second-order valence-electron chi connectivity index (χ2n) is 7.97. The Morgan fingerprint density at radius 1 is 1.15 bits per heavy atom. The molecule has 208 valence electrons. The normalized spacial score (nSPS) is 18.8. The number of methoxy groups -OCH3 is 2. The second-order valence-corrected chi connectivity index (χ2v) is 8.76. The van der Waals surface area contributed by atoms with Crippen LogP contribution in [-0.4, -0.2) is 67.5 Å². The number of hydrogen-bond donors (Lipinski definition) is 0. The lowest BCUT2D eigenvalue weighted by molar-refractivity contribution is -0.274. The fourth-order valence-electron chi connectivity index (χ4n) is 3.93. The number of carbonyl (C=O) groups excluding carboxylic acids is 3. The number of alkyl halides is 4. The minimum absolute atomic E-state index is 0.0301. The first kappa shape index (κ1) is 28.4. The molecule has 2 aromatic carbocycles. The highest BCUT2D eigenvalue weighted by Crippen LogP contribution is 2.39. The summed E-state index contributed by atoms with van der Waals surface area (Å²) in [6, 6.07) is 7.46. The molecule has 1 aliphatic carbocycles. The molecule has 16 heteroatoms. The van der Waals surface area contributed by atoms with Crippen molar-refractivity contribution in [2.45, 2.75) is 24.1 Å². The van der Waals surface area contributed by atoms with Crippen molar-refractivity contribution in [2.75, 3.05) is 25.9 Å². The van der Waals surface area contributed by atoms with Gasteiger partial charge in [-0.15, -0.1) is 13.2 Å². The number of imide groups is 1. The maximum absolute atomic E-state index is 13.4. The van der Waals surface area contributed by atoms with Gasteiger partial charge in [0.2, 0.25) is 5.60 Å². The third-order valence-corrected chi connectivity index (χ3v) is 6.11. The predicted molar refractivity (Wildman–Crippen MR) is 128 cm³/mol. The maximum Gasteiger partial charge on any atom is 0.573 e. The number of hydrazone groups is 1. The monoisotopic (exact) mass is 591 g/mol. The summed E-state index contributed by atoms with van der Waals surface area (Å²) in [6.45, 7) is -0.637. The molecular formula is C23H18Cl2F3N3O8. The minimum Gasteiger partial charge on any atom is -0.452 e. The van der Waals surface area contributed by atoms with Gasteiger partial charge < -0.3 is 23.7 Å². The highest BCUT2D eigenvalue weighted by atomic mass is 35.5. The molecule has 2 aliphatic rings. The first-order valence-electron chi connectivity index (χ1n) is 10.8. The SMILES string of the molecule is COC(=O)N(C(=O)N1COC2(C(=O)OC(Cl)OC)Cc3cc(Cl)ccc3C2=N1)c1ccc(OC(F)(F)F)cc1. The number of rotatable bonds is 5. The summed E-state index contributed by atoms with van der Waals surface area (Å²) < 4.78 is 61.8. The van der Waals surface area contributed by atoms with E-state index >= 15 is 0 Å². The van der Waals surface area contributed by atoms with E-state index in [0.717, 1.165) is 36.4 Å². The van der Waals surface area contributed by atoms with Gasteiger partial charge in [0.25, 0.3) is 5.75 Å². The van der Waals surface area contributed by atoms with Gasteiger partial charge in [-0.05, 0) is 53.6 Å². The number of urea groups is 1. The minimum atomic E-state index is -4.94. The van der Waals surface area contributed by atoms with Crippen LogP contribution in [-0.2, 0) is 30.2 Å². The average Bonchev–Trinajstić information content (AvgIpc) is 3.22. The maximum atomic E-state index is 13.4. The smallest absolute Gasteiger partial charge is 0.452 e. The lowest BCUT2D eigenvalue weighted by Gasteiger charge is -2.36. The molecule has 1 heterocycles. The molecule has 0 bridgehead atoms. The van der Waals surface area contributed by atoms with Crippen molar-refractivity contribution in [3.8, 4) is 5.75 Å². The Kier molecular flexibility index (Phi) is 7.93. The van der Waals surface area contributed by atoms with E-state index in [2.05, 4.69) is 14.6 Å². The van der Waals surface area contributed by atoms with Crippen molar-refractivity contribution in [2.24, 2.45) is 5.10 Å². The molecule has 0 saturated carbocycles. The van der Waals surface area contributed by atoms with Gasteiger partial charge in [0, 0.05) is 24.1 Å². The summed E-state index contributed by atoms with van der Waals surface area (Å²) in [5.41, 5.74) is -1.04. The van der Waals surface area contributed by atoms with Crippen LogP contribution in [0.3, 0.4) is 0 Å². The predicted octanol–water partition coefficient (Wildman–Crippen LogP) is 4.63. The molecule has 1 aliphatic heterocycles. The molecular weight excluding hydrogens is 574 g/mol. The summed E-state index contributed by atoms with van der Waals surface area (Å²) in [7, 11) is 2.21. The molecule has 0 saturated heterocycles. The number of hydrogen-bond acceptors (Lipinski definition) is 9. The number of halogens is 5. The molecule has 0 fully saturated rings. The van der Waals surface area contributed by atoms with Gasteiger partial charge in [0.1, 0.15) is 18.2 Å². The summed E-state index contributed by atoms with van der Waals surface area (Å²) in [5.74, 6) is -2.97. The van der Waals surface area contributed by atoms with Crippen LogP contribution < -0.4 is 9.64 Å². The van der Waals surface area contributed by atoms with Crippen LogP contribution in [0.1, 0.15) is 11.1 Å². The number of nitrogens with zero attached hydrogens (tertiary/aromatic N) is 3. The lowest BCUT2D eigenvalue weighted by Crippen LogP contribution is -2.57. The van der Waals surface area contributed by atoms with Gasteiger partial charge in [0.15, 0.2) is 0 Å². The molecule has 0 spiro atoms. The Labute approximate surface area is 228 Å². The molecule has 11 nitrogen and oxygen atoms in total. The molecule has 2 aromatic rings. The highest BCUT2D eigenvalue weighted by Gasteiger charge is 2.56. The van der Waals surface area contributed by atoms with E-state index in [0.29, 0.717) is 21.0 Å². The Bertz CT molecular complexity index is 1320. The van der Waals surface area contributed by atoms with Gasteiger partial charge in [0.05, 0.1) is 12.8 Å². The van der Waals surface area contributed by atoms with Gasteiger partial charge in [-0.25, -0.2) is 14.4 Å². The number of esters is 1. The van der Waals surface area contributed by atoms with Crippen LogP contribution in [0.5, 0.6) is 5.75 Å². The molecule has 4 rings (SSSR count). The first-order valence-corrected chi connectivity index (χ1v) is 11.6. The average molecular weight is 592 g/mol. The number of anilines is 1. The quantitative estimate of drug-likeness (QED) is 0.281. The molecule has 0 aromatic heterocycles. The Hall–Kier alpha value is -3.59. The fourth-order valence-corrected chi connectivity index (χ4v) is 4.21. The number of ether oxygens (including phenoxy) is 5.